The highest BCUT2D eigenvalue weighted by Crippen LogP contribution is 2.50. The fraction of sp³-hybridized carbons (Fsp3) is 0.0714. The van der Waals surface area contributed by atoms with E-state index in [-0.39, 0.29) is 12.1 Å². The molecule has 0 amide bonds. The molecule has 0 saturated heterocycles. The Morgan fingerprint density at radius 2 is 1.62 bits per heavy atom. The molecule has 1 atom stereocenters. The molecular formula is C14H8O2. The van der Waals surface area contributed by atoms with Crippen LogP contribution in [0.25, 0.3) is 11.1 Å². The van der Waals surface area contributed by atoms with E-state index in [0.717, 1.165) is 22.3 Å². The van der Waals surface area contributed by atoms with Crippen LogP contribution in [-0.4, -0.2) is 5.97 Å². The summed E-state index contributed by atoms with van der Waals surface area (Å²) in [6.07, 6.45) is -0.171. The number of carbonyl (C=O) groups excluding carboxylic acids is 1. The fourth-order valence-electron chi connectivity index (χ4n) is 2.68. The van der Waals surface area contributed by atoms with Crippen LogP contribution < -0.4 is 0 Å². The first-order valence-electron chi connectivity index (χ1n) is 5.29. The van der Waals surface area contributed by atoms with Crippen molar-refractivity contribution in [1.29, 1.82) is 0 Å². The molecule has 0 bridgehead atoms. The number of ether oxygens (including phenoxy) is 1. The molecular weight excluding hydrogens is 200 g/mol. The minimum atomic E-state index is -0.198. The third-order valence-corrected chi connectivity index (χ3v) is 3.35. The smallest absolute Gasteiger partial charge is 0.339 e. The van der Waals surface area contributed by atoms with Gasteiger partial charge in [0.1, 0.15) is 0 Å². The summed E-state index contributed by atoms with van der Waals surface area (Å²) in [6.45, 7) is 0. The predicted molar refractivity (Wildman–Crippen MR) is 59.1 cm³/mol. The summed E-state index contributed by atoms with van der Waals surface area (Å²) in [4.78, 5) is 11.6. The quantitative estimate of drug-likeness (QED) is 0.622. The first kappa shape index (κ1) is 8.11. The maximum atomic E-state index is 11.6. The maximum Gasteiger partial charge on any atom is 0.339 e. The van der Waals surface area contributed by atoms with Gasteiger partial charge in [-0.15, -0.1) is 0 Å². The Labute approximate surface area is 92.5 Å². The second-order valence-electron chi connectivity index (χ2n) is 4.14. The van der Waals surface area contributed by atoms with E-state index >= 15 is 0 Å². The minimum absolute atomic E-state index is 0.171. The predicted octanol–water partition coefficient (Wildman–Crippen LogP) is 2.93. The van der Waals surface area contributed by atoms with E-state index in [0.29, 0.717) is 0 Å². The molecule has 2 nitrogen and oxygen atoms in total. The van der Waals surface area contributed by atoms with Crippen LogP contribution in [0.2, 0.25) is 0 Å². The van der Waals surface area contributed by atoms with Gasteiger partial charge in [-0.25, -0.2) is 4.79 Å². The Balaban J connectivity index is 2.15. The van der Waals surface area contributed by atoms with E-state index in [1.807, 2.05) is 30.3 Å². The molecule has 0 saturated carbocycles. The largest absolute Gasteiger partial charge is 0.449 e. The third-order valence-electron chi connectivity index (χ3n) is 3.35. The average Bonchev–Trinajstić information content (AvgIpc) is 2.82. The number of esters is 1. The first-order valence-corrected chi connectivity index (χ1v) is 5.29. The van der Waals surface area contributed by atoms with E-state index in [2.05, 4.69) is 12.1 Å². The van der Waals surface area contributed by atoms with E-state index in [4.69, 9.17) is 4.74 Å². The molecule has 2 aromatic rings. The van der Waals surface area contributed by atoms with Crippen molar-refractivity contribution in [2.75, 3.05) is 0 Å². The zero-order valence-corrected chi connectivity index (χ0v) is 8.44. The van der Waals surface area contributed by atoms with Crippen molar-refractivity contribution in [3.05, 3.63) is 59.2 Å². The van der Waals surface area contributed by atoms with Crippen LogP contribution in [0, 0.1) is 0 Å². The molecule has 16 heavy (non-hydrogen) atoms. The van der Waals surface area contributed by atoms with E-state index in [1.54, 1.807) is 0 Å². The zero-order chi connectivity index (χ0) is 10.7. The molecule has 1 unspecified atom stereocenters. The van der Waals surface area contributed by atoms with Gasteiger partial charge in [0.05, 0.1) is 5.56 Å². The first-order chi connectivity index (χ1) is 7.86. The molecule has 0 radical (unpaired) electrons. The summed E-state index contributed by atoms with van der Waals surface area (Å²) in [6, 6.07) is 13.9. The lowest BCUT2D eigenvalue weighted by Gasteiger charge is -2.06. The van der Waals surface area contributed by atoms with Gasteiger partial charge in [-0.05, 0) is 17.2 Å². The van der Waals surface area contributed by atoms with Crippen LogP contribution in [0.3, 0.4) is 0 Å². The number of rotatable bonds is 0. The molecule has 2 aromatic carbocycles. The third kappa shape index (κ3) is 0.770. The molecule has 76 valence electrons. The molecule has 2 heteroatoms. The topological polar surface area (TPSA) is 26.3 Å². The van der Waals surface area contributed by atoms with Crippen LogP contribution in [0.5, 0.6) is 0 Å². The highest BCUT2D eigenvalue weighted by Gasteiger charge is 2.40. The van der Waals surface area contributed by atoms with Crippen LogP contribution in [0.15, 0.2) is 42.5 Å². The monoisotopic (exact) mass is 208 g/mol. The molecule has 0 spiro atoms. The van der Waals surface area contributed by atoms with Crippen molar-refractivity contribution in [3.63, 3.8) is 0 Å². The van der Waals surface area contributed by atoms with Gasteiger partial charge >= 0.3 is 5.97 Å². The number of fused-ring (bicyclic) bond motifs is 3. The second kappa shape index (κ2) is 2.53. The van der Waals surface area contributed by atoms with Crippen molar-refractivity contribution in [3.8, 4) is 11.1 Å². The van der Waals surface area contributed by atoms with Crippen LogP contribution in [0.4, 0.5) is 0 Å². The average molecular weight is 208 g/mol. The van der Waals surface area contributed by atoms with Crippen molar-refractivity contribution in [2.24, 2.45) is 0 Å². The Kier molecular flexibility index (Phi) is 1.28. The number of hydrogen-bond acceptors (Lipinski definition) is 2. The lowest BCUT2D eigenvalue weighted by Crippen LogP contribution is -1.99. The summed E-state index contributed by atoms with van der Waals surface area (Å²) in [7, 11) is 0. The molecule has 4 rings (SSSR count). The lowest BCUT2D eigenvalue weighted by atomic mass is 10.0. The highest BCUT2D eigenvalue weighted by molar-refractivity contribution is 6.00. The van der Waals surface area contributed by atoms with Gasteiger partial charge in [-0.2, -0.15) is 0 Å². The van der Waals surface area contributed by atoms with Gasteiger partial charge in [0.25, 0.3) is 0 Å². The van der Waals surface area contributed by atoms with Crippen molar-refractivity contribution in [1.82, 2.24) is 0 Å². The van der Waals surface area contributed by atoms with Crippen LogP contribution in [-0.2, 0) is 4.74 Å². The summed E-state index contributed by atoms with van der Waals surface area (Å²) in [5.74, 6) is -0.198. The Morgan fingerprint density at radius 3 is 2.56 bits per heavy atom. The summed E-state index contributed by atoms with van der Waals surface area (Å²) in [5, 5.41) is 0. The van der Waals surface area contributed by atoms with Gasteiger partial charge in [-0.3, -0.25) is 0 Å². The summed E-state index contributed by atoms with van der Waals surface area (Å²) >= 11 is 0. The summed E-state index contributed by atoms with van der Waals surface area (Å²) < 4.78 is 5.42. The second-order valence-corrected chi connectivity index (χ2v) is 4.14. The number of hydrogen-bond donors (Lipinski definition) is 0. The SMILES string of the molecule is O=C1OC2c3ccccc3-c3cccc1c32. The molecule has 1 aliphatic carbocycles. The van der Waals surface area contributed by atoms with Crippen LogP contribution >= 0.6 is 0 Å². The van der Waals surface area contributed by atoms with Gasteiger partial charge in [0.2, 0.25) is 0 Å². The normalized spacial score (nSPS) is 19.2. The number of benzene rings is 2. The lowest BCUT2D eigenvalue weighted by molar-refractivity contribution is 0.0460. The molecule has 0 N–H and O–H groups in total. The maximum absolute atomic E-state index is 11.6. The van der Waals surface area contributed by atoms with Crippen molar-refractivity contribution >= 4 is 5.97 Å². The van der Waals surface area contributed by atoms with Gasteiger partial charge in [-0.1, -0.05) is 36.4 Å². The van der Waals surface area contributed by atoms with Crippen LogP contribution in [0.1, 0.15) is 27.6 Å². The van der Waals surface area contributed by atoms with E-state index in [1.165, 1.54) is 5.56 Å². The van der Waals surface area contributed by atoms with Gasteiger partial charge in [0.15, 0.2) is 6.10 Å². The summed E-state index contributed by atoms with van der Waals surface area (Å²) in [5.41, 5.74) is 5.21. The van der Waals surface area contributed by atoms with E-state index in [9.17, 15) is 4.79 Å². The highest BCUT2D eigenvalue weighted by atomic mass is 16.5. The zero-order valence-electron chi connectivity index (χ0n) is 8.44. The van der Waals surface area contributed by atoms with E-state index < -0.39 is 0 Å². The minimum Gasteiger partial charge on any atom is -0.449 e. The number of carbonyl (C=O) groups is 1. The molecule has 2 aliphatic rings. The molecule has 0 aromatic heterocycles. The standard InChI is InChI=1S/C14H8O2/c15-14-11-7-3-6-9-8-4-1-2-5-10(8)13(16-14)12(9)11/h1-7,13H. The van der Waals surface area contributed by atoms with Crippen molar-refractivity contribution < 1.29 is 9.53 Å². The molecule has 1 heterocycles. The molecule has 1 aliphatic heterocycles. The van der Waals surface area contributed by atoms with Crippen molar-refractivity contribution in [2.45, 2.75) is 6.10 Å². The Hall–Kier alpha value is -2.09. The van der Waals surface area contributed by atoms with Gasteiger partial charge < -0.3 is 4.74 Å². The fourth-order valence-corrected chi connectivity index (χ4v) is 2.68. The Bertz CT molecular complexity index is 628. The molecule has 0 fully saturated rings. The van der Waals surface area contributed by atoms with Gasteiger partial charge in [0, 0.05) is 11.1 Å². The Morgan fingerprint density at radius 1 is 0.875 bits per heavy atom.